The molecule has 5 nitrogen and oxygen atoms in total. The van der Waals surface area contributed by atoms with Crippen LogP contribution in [0.1, 0.15) is 29.8 Å². The van der Waals surface area contributed by atoms with Crippen LogP contribution in [0.4, 0.5) is 0 Å². The van der Waals surface area contributed by atoms with Gasteiger partial charge in [0, 0.05) is 24.8 Å². The molecule has 1 aliphatic rings. The summed E-state index contributed by atoms with van der Waals surface area (Å²) in [6.45, 7) is 4.34. The molecule has 5 heteroatoms. The fraction of sp³-hybridized carbons (Fsp3) is 0.474. The summed E-state index contributed by atoms with van der Waals surface area (Å²) >= 11 is 0. The third kappa shape index (κ3) is 3.51. The molecule has 0 spiro atoms. The van der Waals surface area contributed by atoms with Crippen molar-refractivity contribution in [3.8, 4) is 5.69 Å². The maximum absolute atomic E-state index is 12.5. The lowest BCUT2D eigenvalue weighted by molar-refractivity contribution is -0.130. The molecule has 1 heterocycles. The Morgan fingerprint density at radius 2 is 2.00 bits per heavy atom. The van der Waals surface area contributed by atoms with Crippen molar-refractivity contribution in [2.75, 3.05) is 13.6 Å². The maximum atomic E-state index is 12.5. The van der Waals surface area contributed by atoms with Crippen LogP contribution < -0.4 is 0 Å². The third-order valence-corrected chi connectivity index (χ3v) is 4.82. The Balaban J connectivity index is 1.72. The highest BCUT2D eigenvalue weighted by Gasteiger charge is 2.31. The van der Waals surface area contributed by atoms with Crippen LogP contribution in [-0.2, 0) is 11.2 Å². The molecule has 1 fully saturated rings. The smallest absolute Gasteiger partial charge is 0.226 e. The number of rotatable bonds is 6. The Morgan fingerprint density at radius 3 is 2.62 bits per heavy atom. The van der Waals surface area contributed by atoms with Crippen LogP contribution in [0, 0.1) is 19.8 Å². The topological polar surface area (TPSA) is 58.4 Å². The number of hydrogen-bond donors (Lipinski definition) is 1. The molecular formula is C19H25N3O2. The predicted octanol–water partition coefficient (Wildman–Crippen LogP) is 2.26. The van der Waals surface area contributed by atoms with E-state index >= 15 is 0 Å². The number of likely N-dealkylation sites (N-methyl/N-ethyl adjacent to an activating group) is 1. The van der Waals surface area contributed by atoms with Gasteiger partial charge in [0.25, 0.3) is 0 Å². The minimum atomic E-state index is -0.395. The first-order chi connectivity index (χ1) is 11.5. The Kier molecular flexibility index (Phi) is 4.71. The molecule has 0 saturated heterocycles. The standard InChI is InChI=1S/C19H25N3O2/c1-13-17(11-19(24)21(3)12-18(23)15-9-10-15)14(2)22(20-13)16-7-5-4-6-8-16/h4-8,15,18,23H,9-12H2,1-3H3. The van der Waals surface area contributed by atoms with Crippen LogP contribution in [0.3, 0.4) is 0 Å². The van der Waals surface area contributed by atoms with Crippen LogP contribution >= 0.6 is 0 Å². The lowest BCUT2D eigenvalue weighted by atomic mass is 10.1. The van der Waals surface area contributed by atoms with Gasteiger partial charge in [0.1, 0.15) is 0 Å². The molecule has 2 aromatic rings. The van der Waals surface area contributed by atoms with E-state index in [1.54, 1.807) is 11.9 Å². The van der Waals surface area contributed by atoms with Gasteiger partial charge in [0.2, 0.25) is 5.91 Å². The van der Waals surface area contributed by atoms with Gasteiger partial charge in [-0.1, -0.05) is 18.2 Å². The zero-order valence-electron chi connectivity index (χ0n) is 14.6. The summed E-state index contributed by atoms with van der Waals surface area (Å²) < 4.78 is 1.89. The van der Waals surface area contributed by atoms with Crippen molar-refractivity contribution in [3.05, 3.63) is 47.3 Å². The molecular weight excluding hydrogens is 302 g/mol. The summed E-state index contributed by atoms with van der Waals surface area (Å²) in [5, 5.41) is 14.6. The molecule has 1 N–H and O–H groups in total. The molecule has 128 valence electrons. The number of benzene rings is 1. The van der Waals surface area contributed by atoms with Crippen molar-refractivity contribution < 1.29 is 9.90 Å². The van der Waals surface area contributed by atoms with E-state index in [-0.39, 0.29) is 5.91 Å². The van der Waals surface area contributed by atoms with E-state index in [0.29, 0.717) is 18.9 Å². The largest absolute Gasteiger partial charge is 0.391 e. The maximum Gasteiger partial charge on any atom is 0.226 e. The molecule has 24 heavy (non-hydrogen) atoms. The fourth-order valence-electron chi connectivity index (χ4n) is 3.05. The molecule has 0 bridgehead atoms. The number of para-hydroxylation sites is 1. The summed E-state index contributed by atoms with van der Waals surface area (Å²) in [4.78, 5) is 14.2. The van der Waals surface area contributed by atoms with Crippen molar-refractivity contribution in [1.29, 1.82) is 0 Å². The number of aryl methyl sites for hydroxylation is 1. The van der Waals surface area contributed by atoms with Gasteiger partial charge in [-0.3, -0.25) is 4.79 Å². The molecule has 1 amide bonds. The SMILES string of the molecule is Cc1nn(-c2ccccc2)c(C)c1CC(=O)N(C)CC(O)C1CC1. The summed E-state index contributed by atoms with van der Waals surface area (Å²) in [5.41, 5.74) is 3.83. The molecule has 0 radical (unpaired) electrons. The second kappa shape index (κ2) is 6.77. The number of amides is 1. The van der Waals surface area contributed by atoms with Gasteiger partial charge >= 0.3 is 0 Å². The predicted molar refractivity (Wildman–Crippen MR) is 93.1 cm³/mol. The number of aliphatic hydroxyl groups is 1. The summed E-state index contributed by atoms with van der Waals surface area (Å²) in [6, 6.07) is 9.93. The van der Waals surface area contributed by atoms with Crippen molar-refractivity contribution in [3.63, 3.8) is 0 Å². The van der Waals surface area contributed by atoms with Gasteiger partial charge in [-0.15, -0.1) is 0 Å². The van der Waals surface area contributed by atoms with E-state index in [2.05, 4.69) is 5.10 Å². The highest BCUT2D eigenvalue weighted by Crippen LogP contribution is 2.32. The summed E-state index contributed by atoms with van der Waals surface area (Å²) in [5.74, 6) is 0.401. The van der Waals surface area contributed by atoms with Gasteiger partial charge in [-0.2, -0.15) is 5.10 Å². The van der Waals surface area contributed by atoms with E-state index in [9.17, 15) is 9.90 Å². The van der Waals surface area contributed by atoms with Crippen LogP contribution in [-0.4, -0.2) is 45.4 Å². The van der Waals surface area contributed by atoms with Gasteiger partial charge < -0.3 is 10.0 Å². The molecule has 1 atom stereocenters. The molecule has 1 saturated carbocycles. The Labute approximate surface area is 142 Å². The minimum Gasteiger partial charge on any atom is -0.391 e. The van der Waals surface area contributed by atoms with Gasteiger partial charge in [0.15, 0.2) is 0 Å². The van der Waals surface area contributed by atoms with E-state index < -0.39 is 6.10 Å². The lowest BCUT2D eigenvalue weighted by Crippen LogP contribution is -2.36. The summed E-state index contributed by atoms with van der Waals surface area (Å²) in [6.07, 6.45) is 2.07. The first-order valence-electron chi connectivity index (χ1n) is 8.50. The van der Waals surface area contributed by atoms with Crippen LogP contribution in [0.25, 0.3) is 5.69 Å². The third-order valence-electron chi connectivity index (χ3n) is 4.82. The van der Waals surface area contributed by atoms with Gasteiger partial charge in [-0.05, 0) is 44.7 Å². The number of nitrogens with zero attached hydrogens (tertiary/aromatic N) is 3. The number of aromatic nitrogens is 2. The normalized spacial score (nSPS) is 15.3. The number of aliphatic hydroxyl groups excluding tert-OH is 1. The van der Waals surface area contributed by atoms with Gasteiger partial charge in [-0.25, -0.2) is 4.68 Å². The second-order valence-corrected chi connectivity index (χ2v) is 6.75. The molecule has 1 aromatic carbocycles. The fourth-order valence-corrected chi connectivity index (χ4v) is 3.05. The molecule has 0 aliphatic heterocycles. The van der Waals surface area contributed by atoms with E-state index in [4.69, 9.17) is 0 Å². The zero-order chi connectivity index (χ0) is 17.3. The van der Waals surface area contributed by atoms with Crippen LogP contribution in [0.2, 0.25) is 0 Å². The number of carbonyl (C=O) groups excluding carboxylic acids is 1. The molecule has 1 aromatic heterocycles. The van der Waals surface area contributed by atoms with E-state index in [0.717, 1.165) is 35.5 Å². The van der Waals surface area contributed by atoms with Crippen molar-refractivity contribution in [1.82, 2.24) is 14.7 Å². The Bertz CT molecular complexity index is 720. The first kappa shape index (κ1) is 16.7. The lowest BCUT2D eigenvalue weighted by Gasteiger charge is -2.21. The minimum absolute atomic E-state index is 0.0218. The molecule has 3 rings (SSSR count). The van der Waals surface area contributed by atoms with Crippen molar-refractivity contribution >= 4 is 5.91 Å². The quantitative estimate of drug-likeness (QED) is 0.885. The highest BCUT2D eigenvalue weighted by atomic mass is 16.3. The number of carbonyl (C=O) groups is 1. The van der Waals surface area contributed by atoms with Crippen LogP contribution in [0.15, 0.2) is 30.3 Å². The van der Waals surface area contributed by atoms with Gasteiger partial charge in [0.05, 0.1) is 23.9 Å². The second-order valence-electron chi connectivity index (χ2n) is 6.75. The van der Waals surface area contributed by atoms with E-state index in [1.807, 2.05) is 48.9 Å². The molecule has 1 unspecified atom stereocenters. The van der Waals surface area contributed by atoms with Crippen molar-refractivity contribution in [2.45, 2.75) is 39.2 Å². The summed E-state index contributed by atoms with van der Waals surface area (Å²) in [7, 11) is 1.76. The average molecular weight is 327 g/mol. The zero-order valence-corrected chi connectivity index (χ0v) is 14.6. The Morgan fingerprint density at radius 1 is 1.33 bits per heavy atom. The van der Waals surface area contributed by atoms with E-state index in [1.165, 1.54) is 0 Å². The first-order valence-corrected chi connectivity index (χ1v) is 8.50. The monoisotopic (exact) mass is 327 g/mol. The number of hydrogen-bond acceptors (Lipinski definition) is 3. The average Bonchev–Trinajstić information content (AvgIpc) is 3.38. The van der Waals surface area contributed by atoms with Crippen LogP contribution in [0.5, 0.6) is 0 Å². The van der Waals surface area contributed by atoms with Crippen molar-refractivity contribution in [2.24, 2.45) is 5.92 Å². The highest BCUT2D eigenvalue weighted by molar-refractivity contribution is 5.79. The Hall–Kier alpha value is -2.14. The molecule has 1 aliphatic carbocycles.